The van der Waals surface area contributed by atoms with E-state index in [0.29, 0.717) is 58.3 Å². The lowest BCUT2D eigenvalue weighted by Crippen LogP contribution is -2.44. The molecule has 1 aliphatic carbocycles. The minimum atomic E-state index is -1.05. The van der Waals surface area contributed by atoms with Crippen LogP contribution in [0.2, 0.25) is 0 Å². The van der Waals surface area contributed by atoms with Gasteiger partial charge in [-0.2, -0.15) is 0 Å². The number of ether oxygens (including phenoxy) is 3. The topological polar surface area (TPSA) is 120 Å². The summed E-state index contributed by atoms with van der Waals surface area (Å²) < 4.78 is 16.8. The van der Waals surface area contributed by atoms with Crippen LogP contribution in [0.3, 0.4) is 0 Å². The van der Waals surface area contributed by atoms with E-state index in [-0.39, 0.29) is 23.9 Å². The minimum absolute atomic E-state index is 0.0226. The number of rotatable bonds is 7. The monoisotopic (exact) mass is 550 g/mol. The standard InChI is InChI=1S/C31H26N4O6/c1-39-27-15-20-23(16-28(27)40-2)32-13-12-26(20)41-19-8-11-29(33-17-19)34-30(37)22-14-21-24(9-10-25(21)36)35(31(22)38)18-6-4-3-5-7-18/h3-8,11-13,15-17,22H,9-10,14H2,1-2H3,(H,33,34,37). The quantitative estimate of drug-likeness (QED) is 0.318. The summed E-state index contributed by atoms with van der Waals surface area (Å²) in [6.07, 6.45) is 4.00. The van der Waals surface area contributed by atoms with Gasteiger partial charge >= 0.3 is 0 Å². The number of para-hydroxylation sites is 1. The van der Waals surface area contributed by atoms with E-state index in [1.165, 1.54) is 11.1 Å². The number of allylic oxidation sites excluding steroid dienone is 2. The highest BCUT2D eigenvalue weighted by Crippen LogP contribution is 2.40. The third-order valence-corrected chi connectivity index (χ3v) is 7.22. The van der Waals surface area contributed by atoms with E-state index in [0.717, 1.165) is 5.39 Å². The predicted molar refractivity (Wildman–Crippen MR) is 151 cm³/mol. The molecule has 10 heteroatoms. The predicted octanol–water partition coefficient (Wildman–Crippen LogP) is 5.05. The van der Waals surface area contributed by atoms with E-state index in [1.807, 2.05) is 18.2 Å². The van der Waals surface area contributed by atoms with Crippen LogP contribution in [0, 0.1) is 5.92 Å². The molecule has 0 radical (unpaired) electrons. The van der Waals surface area contributed by atoms with Gasteiger partial charge in [0.15, 0.2) is 17.3 Å². The number of anilines is 2. The maximum Gasteiger partial charge on any atom is 0.244 e. The molecule has 10 nitrogen and oxygen atoms in total. The molecule has 0 fully saturated rings. The van der Waals surface area contributed by atoms with Crippen molar-refractivity contribution in [1.29, 1.82) is 0 Å². The number of hydrogen-bond acceptors (Lipinski definition) is 8. The van der Waals surface area contributed by atoms with Crippen LogP contribution in [-0.4, -0.2) is 41.8 Å². The van der Waals surface area contributed by atoms with Crippen molar-refractivity contribution in [3.63, 3.8) is 0 Å². The van der Waals surface area contributed by atoms with E-state index < -0.39 is 11.8 Å². The van der Waals surface area contributed by atoms with Crippen molar-refractivity contribution in [3.8, 4) is 23.0 Å². The molecule has 2 aromatic carbocycles. The number of aromatic nitrogens is 2. The molecule has 1 unspecified atom stereocenters. The first kappa shape index (κ1) is 26.0. The van der Waals surface area contributed by atoms with Gasteiger partial charge < -0.3 is 19.5 Å². The number of nitrogens with one attached hydrogen (secondary N) is 1. The lowest BCUT2D eigenvalue weighted by atomic mass is 9.91. The molecule has 41 heavy (non-hydrogen) atoms. The number of carbonyl (C=O) groups is 3. The summed E-state index contributed by atoms with van der Waals surface area (Å²) in [5.74, 6) is 0.357. The van der Waals surface area contributed by atoms with Crippen molar-refractivity contribution in [3.05, 3.63) is 84.3 Å². The van der Waals surface area contributed by atoms with Crippen LogP contribution in [0.5, 0.6) is 23.0 Å². The van der Waals surface area contributed by atoms with Crippen molar-refractivity contribution >= 4 is 40.0 Å². The Morgan fingerprint density at radius 2 is 1.71 bits per heavy atom. The van der Waals surface area contributed by atoms with Gasteiger partial charge in [-0.05, 0) is 49.2 Å². The van der Waals surface area contributed by atoms with Crippen LogP contribution in [0.1, 0.15) is 19.3 Å². The number of pyridine rings is 2. The number of ketones is 1. The number of hydrogen-bond donors (Lipinski definition) is 1. The number of benzene rings is 2. The third-order valence-electron chi connectivity index (χ3n) is 7.22. The zero-order valence-corrected chi connectivity index (χ0v) is 22.4. The number of nitrogens with zero attached hydrogens (tertiary/aromatic N) is 3. The Hall–Kier alpha value is -5.25. The molecule has 0 bridgehead atoms. The fraction of sp³-hybridized carbons (Fsp3) is 0.194. The van der Waals surface area contributed by atoms with Gasteiger partial charge in [0, 0.05) is 41.0 Å². The molecule has 2 aliphatic rings. The van der Waals surface area contributed by atoms with Crippen LogP contribution < -0.4 is 24.4 Å². The van der Waals surface area contributed by atoms with E-state index in [4.69, 9.17) is 14.2 Å². The average molecular weight is 551 g/mol. The van der Waals surface area contributed by atoms with E-state index in [1.54, 1.807) is 62.9 Å². The first-order chi connectivity index (χ1) is 20.0. The van der Waals surface area contributed by atoms with Gasteiger partial charge in [0.2, 0.25) is 11.8 Å². The Bertz CT molecular complexity index is 1700. The first-order valence-corrected chi connectivity index (χ1v) is 13.1. The summed E-state index contributed by atoms with van der Waals surface area (Å²) in [7, 11) is 3.11. The van der Waals surface area contributed by atoms with Gasteiger partial charge in [-0.15, -0.1) is 0 Å². The molecule has 0 saturated carbocycles. The van der Waals surface area contributed by atoms with Gasteiger partial charge in [-0.3, -0.25) is 24.3 Å². The lowest BCUT2D eigenvalue weighted by molar-refractivity contribution is -0.131. The maximum atomic E-state index is 13.5. The number of Topliss-reactive ketones (excluding diaryl/α,β-unsaturated/α-hetero) is 1. The molecule has 2 aromatic heterocycles. The van der Waals surface area contributed by atoms with Gasteiger partial charge in [0.25, 0.3) is 0 Å². The van der Waals surface area contributed by atoms with Gasteiger partial charge in [0.05, 0.1) is 25.9 Å². The second-order valence-electron chi connectivity index (χ2n) is 9.62. The minimum Gasteiger partial charge on any atom is -0.493 e. The molecule has 3 heterocycles. The van der Waals surface area contributed by atoms with Gasteiger partial charge in [0.1, 0.15) is 23.2 Å². The van der Waals surface area contributed by atoms with E-state index in [9.17, 15) is 14.4 Å². The highest BCUT2D eigenvalue weighted by Gasteiger charge is 2.43. The van der Waals surface area contributed by atoms with Crippen molar-refractivity contribution in [2.24, 2.45) is 5.92 Å². The summed E-state index contributed by atoms with van der Waals surface area (Å²) in [6.45, 7) is 0. The molecule has 1 N–H and O–H groups in total. The smallest absolute Gasteiger partial charge is 0.244 e. The molecule has 4 aromatic rings. The molecular weight excluding hydrogens is 524 g/mol. The summed E-state index contributed by atoms with van der Waals surface area (Å²) in [4.78, 5) is 49.6. The van der Waals surface area contributed by atoms with Crippen LogP contribution in [0.25, 0.3) is 10.9 Å². The van der Waals surface area contributed by atoms with Crippen molar-refractivity contribution < 1.29 is 28.6 Å². The zero-order valence-electron chi connectivity index (χ0n) is 22.4. The first-order valence-electron chi connectivity index (χ1n) is 13.1. The highest BCUT2D eigenvalue weighted by molar-refractivity contribution is 6.17. The number of fused-ring (bicyclic) bond motifs is 1. The fourth-order valence-corrected chi connectivity index (χ4v) is 5.21. The summed E-state index contributed by atoms with van der Waals surface area (Å²) in [5, 5.41) is 3.45. The molecule has 6 rings (SSSR count). The molecule has 2 amide bonds. The molecule has 0 spiro atoms. The normalized spacial score (nSPS) is 16.5. The molecule has 1 aliphatic heterocycles. The molecule has 0 saturated heterocycles. The molecule has 1 atom stereocenters. The highest BCUT2D eigenvalue weighted by atomic mass is 16.5. The summed E-state index contributed by atoms with van der Waals surface area (Å²) >= 11 is 0. The SMILES string of the molecule is COc1cc2nccc(Oc3ccc(NC(=O)C4CC5=C(CCC5=O)N(c5ccccc5)C4=O)nc3)c2cc1OC. The fourth-order valence-electron chi connectivity index (χ4n) is 5.21. The Morgan fingerprint density at radius 1 is 0.927 bits per heavy atom. The number of carbonyl (C=O) groups excluding carboxylic acids is 3. The van der Waals surface area contributed by atoms with E-state index in [2.05, 4.69) is 15.3 Å². The van der Waals surface area contributed by atoms with Crippen molar-refractivity contribution in [2.75, 3.05) is 24.4 Å². The zero-order chi connectivity index (χ0) is 28.5. The second kappa shape index (κ2) is 10.7. The third kappa shape index (κ3) is 4.84. The van der Waals surface area contributed by atoms with Gasteiger partial charge in [-0.25, -0.2) is 4.98 Å². The number of amides is 2. The van der Waals surface area contributed by atoms with Crippen molar-refractivity contribution in [1.82, 2.24) is 9.97 Å². The lowest BCUT2D eigenvalue weighted by Gasteiger charge is -2.33. The second-order valence-corrected chi connectivity index (χ2v) is 9.62. The molecule has 206 valence electrons. The Balaban J connectivity index is 1.20. The Labute approximate surface area is 235 Å². The van der Waals surface area contributed by atoms with Gasteiger partial charge in [-0.1, -0.05) is 18.2 Å². The van der Waals surface area contributed by atoms with Crippen LogP contribution in [-0.2, 0) is 14.4 Å². The van der Waals surface area contributed by atoms with Crippen LogP contribution >= 0.6 is 0 Å². The maximum absolute atomic E-state index is 13.5. The summed E-state index contributed by atoms with van der Waals surface area (Å²) in [5.41, 5.74) is 2.54. The average Bonchev–Trinajstić information content (AvgIpc) is 3.37. The van der Waals surface area contributed by atoms with Crippen LogP contribution in [0.4, 0.5) is 11.5 Å². The number of methoxy groups -OCH3 is 2. The van der Waals surface area contributed by atoms with E-state index >= 15 is 0 Å². The Morgan fingerprint density at radius 3 is 2.44 bits per heavy atom. The van der Waals surface area contributed by atoms with Crippen LogP contribution in [0.15, 0.2) is 84.3 Å². The summed E-state index contributed by atoms with van der Waals surface area (Å²) in [6, 6.07) is 17.6. The Kier molecular flexibility index (Phi) is 6.80. The molecular formula is C31H26N4O6. The van der Waals surface area contributed by atoms with Crippen molar-refractivity contribution in [2.45, 2.75) is 19.3 Å². The largest absolute Gasteiger partial charge is 0.493 e.